The van der Waals surface area contributed by atoms with Gasteiger partial charge in [-0.2, -0.15) is 0 Å². The van der Waals surface area contributed by atoms with Gasteiger partial charge in [-0.25, -0.2) is 0 Å². The van der Waals surface area contributed by atoms with Gasteiger partial charge in [0, 0.05) is 35.9 Å². The highest BCUT2D eigenvalue weighted by atomic mass is 16.5. The second kappa shape index (κ2) is 13.4. The lowest BCUT2D eigenvalue weighted by Crippen LogP contribution is -2.22. The second-order valence-corrected chi connectivity index (χ2v) is 10.7. The smallest absolute Gasteiger partial charge is 0.243 e. The third-order valence-corrected chi connectivity index (χ3v) is 7.64. The predicted octanol–water partition coefficient (Wildman–Crippen LogP) is 6.43. The van der Waals surface area contributed by atoms with Crippen molar-refractivity contribution in [3.8, 4) is 5.75 Å². The van der Waals surface area contributed by atoms with Gasteiger partial charge in [-0.15, -0.1) is 0 Å². The minimum absolute atomic E-state index is 0.0868. The highest BCUT2D eigenvalue weighted by Crippen LogP contribution is 2.33. The van der Waals surface area contributed by atoms with Gasteiger partial charge < -0.3 is 15.4 Å². The molecule has 1 amide bonds. The van der Waals surface area contributed by atoms with Crippen molar-refractivity contribution in [1.29, 1.82) is 0 Å². The van der Waals surface area contributed by atoms with Crippen LogP contribution in [0.15, 0.2) is 54.6 Å². The molecule has 0 saturated carbocycles. The van der Waals surface area contributed by atoms with Crippen LogP contribution in [0.1, 0.15) is 65.3 Å². The quantitative estimate of drug-likeness (QED) is 0.166. The number of aromatic nitrogens is 3. The van der Waals surface area contributed by atoms with Gasteiger partial charge in [-0.3, -0.25) is 19.7 Å². The summed E-state index contributed by atoms with van der Waals surface area (Å²) >= 11 is 0. The zero-order valence-electron chi connectivity index (χ0n) is 24.3. The summed E-state index contributed by atoms with van der Waals surface area (Å²) in [4.78, 5) is 26.4. The minimum Gasteiger partial charge on any atom is -0.487 e. The van der Waals surface area contributed by atoms with E-state index in [4.69, 9.17) is 9.72 Å². The van der Waals surface area contributed by atoms with Crippen molar-refractivity contribution in [2.75, 3.05) is 18.4 Å². The summed E-state index contributed by atoms with van der Waals surface area (Å²) < 4.78 is 5.90. The van der Waals surface area contributed by atoms with Gasteiger partial charge >= 0.3 is 0 Å². The van der Waals surface area contributed by atoms with Crippen molar-refractivity contribution in [3.05, 3.63) is 94.2 Å². The number of para-hydroxylation sites is 1. The van der Waals surface area contributed by atoms with Gasteiger partial charge in [0.25, 0.3) is 0 Å². The molecule has 212 valence electrons. The monoisotopic (exact) mass is 549 g/mol. The number of aryl methyl sites for hydroxylation is 4. The van der Waals surface area contributed by atoms with E-state index in [9.17, 15) is 4.79 Å². The first-order valence-corrected chi connectivity index (χ1v) is 14.6. The summed E-state index contributed by atoms with van der Waals surface area (Å²) in [6, 6.07) is 16.1. The Morgan fingerprint density at radius 1 is 0.878 bits per heavy atom. The Labute approximate surface area is 242 Å². The number of hydrogen-bond acceptors (Lipinski definition) is 6. The molecule has 2 heterocycles. The first-order chi connectivity index (χ1) is 20.0. The molecule has 7 nitrogen and oxygen atoms in total. The van der Waals surface area contributed by atoms with Crippen molar-refractivity contribution in [3.63, 3.8) is 0 Å². The molecule has 5 rings (SSSR count). The molecular weight excluding hydrogens is 510 g/mol. The molecule has 0 saturated heterocycles. The van der Waals surface area contributed by atoms with Crippen LogP contribution in [-0.4, -0.2) is 33.9 Å². The zero-order valence-corrected chi connectivity index (χ0v) is 24.3. The number of fused-ring (bicyclic) bond motifs is 2. The lowest BCUT2D eigenvalue weighted by atomic mass is 9.92. The maximum Gasteiger partial charge on any atom is 0.243 e. The number of amides is 1. The number of pyridine rings is 1. The molecule has 4 aromatic rings. The van der Waals surface area contributed by atoms with Gasteiger partial charge in [0.1, 0.15) is 12.4 Å². The summed E-state index contributed by atoms with van der Waals surface area (Å²) in [6.07, 6.45) is 9.89. The van der Waals surface area contributed by atoms with Crippen LogP contribution in [-0.2, 0) is 24.2 Å². The highest BCUT2D eigenvalue weighted by Gasteiger charge is 2.17. The SMILES string of the molecule is Cc1nc(C)c(COc2ccc(/C=C/C(=O)NCCCCNc3c4c(nc5ccccc35)CCCC4)cc2)nc1C. The molecule has 2 aromatic carbocycles. The molecule has 0 atom stereocenters. The number of unbranched alkanes of at least 4 members (excludes halogenated alkanes) is 1. The Balaban J connectivity index is 1.04. The van der Waals surface area contributed by atoms with Crippen molar-refractivity contribution in [2.45, 2.75) is 65.9 Å². The number of hydrogen-bond donors (Lipinski definition) is 2. The number of carbonyl (C=O) groups is 1. The topological polar surface area (TPSA) is 89.0 Å². The molecule has 41 heavy (non-hydrogen) atoms. The normalized spacial score (nSPS) is 12.9. The van der Waals surface area contributed by atoms with Crippen LogP contribution in [0.3, 0.4) is 0 Å². The molecule has 0 radical (unpaired) electrons. The number of nitrogens with zero attached hydrogens (tertiary/aromatic N) is 3. The van der Waals surface area contributed by atoms with E-state index in [1.807, 2.05) is 51.1 Å². The maximum atomic E-state index is 12.3. The summed E-state index contributed by atoms with van der Waals surface area (Å²) in [6.45, 7) is 7.75. The molecule has 1 aliphatic carbocycles. The Morgan fingerprint density at radius 2 is 1.63 bits per heavy atom. The van der Waals surface area contributed by atoms with Crippen LogP contribution in [0, 0.1) is 20.8 Å². The fraction of sp³-hybridized carbons (Fsp3) is 0.353. The standard InChI is InChI=1S/C34H39N5O2/c1-23-24(2)38-32(25(3)37-23)22-41-27-17-14-26(15-18-27)16-19-33(40)35-20-8-9-21-36-34-28-10-4-6-12-30(28)39-31-13-7-5-11-29(31)34/h4,6,10,12,14-19H,5,7-9,11,13,20-22H2,1-3H3,(H,35,40)(H,36,39)/b19-16+. The predicted molar refractivity (Wildman–Crippen MR) is 165 cm³/mol. The van der Waals surface area contributed by atoms with E-state index >= 15 is 0 Å². The number of anilines is 1. The van der Waals surface area contributed by atoms with Crippen LogP contribution < -0.4 is 15.4 Å². The van der Waals surface area contributed by atoms with Gasteiger partial charge in [-0.1, -0.05) is 30.3 Å². The van der Waals surface area contributed by atoms with Gasteiger partial charge in [0.05, 0.1) is 28.3 Å². The average Bonchev–Trinajstić information content (AvgIpc) is 2.99. The molecule has 0 aliphatic heterocycles. The Hall–Kier alpha value is -4.26. The van der Waals surface area contributed by atoms with Crippen molar-refractivity contribution < 1.29 is 9.53 Å². The first kappa shape index (κ1) is 28.3. The van der Waals surface area contributed by atoms with Crippen molar-refractivity contribution >= 4 is 28.6 Å². The molecule has 0 spiro atoms. The number of ether oxygens (including phenoxy) is 1. The second-order valence-electron chi connectivity index (χ2n) is 10.7. The van der Waals surface area contributed by atoms with Crippen LogP contribution in [0.2, 0.25) is 0 Å². The molecule has 7 heteroatoms. The van der Waals surface area contributed by atoms with Crippen LogP contribution >= 0.6 is 0 Å². The fourth-order valence-electron chi connectivity index (χ4n) is 5.21. The third kappa shape index (κ3) is 7.28. The molecule has 0 fully saturated rings. The van der Waals surface area contributed by atoms with Gasteiger partial charge in [0.2, 0.25) is 5.91 Å². The van der Waals surface area contributed by atoms with E-state index in [0.29, 0.717) is 13.2 Å². The molecule has 1 aliphatic rings. The van der Waals surface area contributed by atoms with E-state index in [0.717, 1.165) is 71.8 Å². The van der Waals surface area contributed by atoms with E-state index in [2.05, 4.69) is 44.9 Å². The molecule has 2 aromatic heterocycles. The fourth-order valence-corrected chi connectivity index (χ4v) is 5.21. The first-order valence-electron chi connectivity index (χ1n) is 14.6. The van der Waals surface area contributed by atoms with E-state index in [1.54, 1.807) is 6.08 Å². The van der Waals surface area contributed by atoms with Crippen molar-refractivity contribution in [2.24, 2.45) is 0 Å². The molecular formula is C34H39N5O2. The third-order valence-electron chi connectivity index (χ3n) is 7.64. The average molecular weight is 550 g/mol. The van der Waals surface area contributed by atoms with Crippen molar-refractivity contribution in [1.82, 2.24) is 20.3 Å². The maximum absolute atomic E-state index is 12.3. The Morgan fingerprint density at radius 3 is 2.49 bits per heavy atom. The highest BCUT2D eigenvalue weighted by molar-refractivity contribution is 5.93. The van der Waals surface area contributed by atoms with E-state index in [-0.39, 0.29) is 5.91 Å². The molecule has 0 bridgehead atoms. The summed E-state index contributed by atoms with van der Waals surface area (Å²) in [5, 5.41) is 7.90. The van der Waals surface area contributed by atoms with Gasteiger partial charge in [0.15, 0.2) is 0 Å². The van der Waals surface area contributed by atoms with Gasteiger partial charge in [-0.05, 0) is 94.7 Å². The molecule has 0 unspecified atom stereocenters. The number of benzene rings is 2. The number of nitrogens with one attached hydrogen (secondary N) is 2. The summed E-state index contributed by atoms with van der Waals surface area (Å²) in [5.74, 6) is 0.663. The van der Waals surface area contributed by atoms with Crippen LogP contribution in [0.5, 0.6) is 5.75 Å². The number of carbonyl (C=O) groups excluding carboxylic acids is 1. The lowest BCUT2D eigenvalue weighted by molar-refractivity contribution is -0.116. The van der Waals surface area contributed by atoms with Crippen LogP contribution in [0.4, 0.5) is 5.69 Å². The van der Waals surface area contributed by atoms with Crippen LogP contribution in [0.25, 0.3) is 17.0 Å². The zero-order chi connectivity index (χ0) is 28.6. The van der Waals surface area contributed by atoms with E-state index < -0.39 is 0 Å². The minimum atomic E-state index is -0.0868. The lowest BCUT2D eigenvalue weighted by Gasteiger charge is -2.21. The Kier molecular flexibility index (Phi) is 9.24. The Bertz CT molecular complexity index is 1550. The largest absolute Gasteiger partial charge is 0.487 e. The number of rotatable bonds is 11. The van der Waals surface area contributed by atoms with E-state index in [1.165, 1.54) is 35.2 Å². The summed E-state index contributed by atoms with van der Waals surface area (Å²) in [5.41, 5.74) is 9.48. The molecule has 2 N–H and O–H groups in total. The summed E-state index contributed by atoms with van der Waals surface area (Å²) in [7, 11) is 0.